The Kier molecular flexibility index (Phi) is 3.41. The molecule has 1 amide bonds. The highest BCUT2D eigenvalue weighted by Gasteiger charge is 2.27. The van der Waals surface area contributed by atoms with Gasteiger partial charge in [-0.2, -0.15) is 0 Å². The number of nitrogens with two attached hydrogens (primary N) is 1. The maximum absolute atomic E-state index is 11.6. The molecule has 0 atom stereocenters. The quantitative estimate of drug-likeness (QED) is 0.690. The molecule has 0 spiro atoms. The van der Waals surface area contributed by atoms with Crippen LogP contribution in [0.3, 0.4) is 0 Å². The van der Waals surface area contributed by atoms with E-state index in [2.05, 4.69) is 11.4 Å². The van der Waals surface area contributed by atoms with Crippen LogP contribution in [0.2, 0.25) is 0 Å². The first-order valence-corrected chi connectivity index (χ1v) is 5.97. The second-order valence-electron chi connectivity index (χ2n) is 4.78. The number of hydrogen-bond acceptors (Lipinski definition) is 2. The molecule has 3 heteroatoms. The third-order valence-corrected chi connectivity index (χ3v) is 3.31. The van der Waals surface area contributed by atoms with E-state index in [0.29, 0.717) is 18.5 Å². The van der Waals surface area contributed by atoms with Crippen LogP contribution in [0.15, 0.2) is 11.6 Å². The Balaban J connectivity index is 1.70. The van der Waals surface area contributed by atoms with E-state index in [4.69, 9.17) is 5.73 Å². The molecule has 0 bridgehead atoms. The highest BCUT2D eigenvalue weighted by Crippen LogP contribution is 2.21. The largest absolute Gasteiger partial charge is 0.353 e. The Bertz CT molecular complexity index is 267. The maximum Gasteiger partial charge on any atom is 0.224 e. The van der Waals surface area contributed by atoms with Crippen molar-refractivity contribution in [2.45, 2.75) is 57.0 Å². The molecule has 0 aromatic heterocycles. The summed E-state index contributed by atoms with van der Waals surface area (Å²) in [5.74, 6) is 0.181. The molecule has 3 N–H and O–H groups in total. The topological polar surface area (TPSA) is 55.1 Å². The molecule has 1 fully saturated rings. The molecular weight excluding hydrogens is 188 g/mol. The molecule has 0 radical (unpaired) electrons. The second kappa shape index (κ2) is 4.79. The summed E-state index contributed by atoms with van der Waals surface area (Å²) in [6.07, 6.45) is 9.52. The van der Waals surface area contributed by atoms with Crippen LogP contribution in [0.5, 0.6) is 0 Å². The lowest BCUT2D eigenvalue weighted by Gasteiger charge is -2.33. The van der Waals surface area contributed by atoms with E-state index in [1.165, 1.54) is 18.4 Å². The smallest absolute Gasteiger partial charge is 0.224 e. The summed E-state index contributed by atoms with van der Waals surface area (Å²) in [5.41, 5.74) is 6.99. The van der Waals surface area contributed by atoms with Crippen LogP contribution in [0, 0.1) is 0 Å². The molecule has 84 valence electrons. The van der Waals surface area contributed by atoms with Gasteiger partial charge in [-0.1, -0.05) is 11.6 Å². The zero-order valence-corrected chi connectivity index (χ0v) is 9.17. The van der Waals surface area contributed by atoms with Crippen LogP contribution < -0.4 is 11.1 Å². The third kappa shape index (κ3) is 3.06. The highest BCUT2D eigenvalue weighted by molar-refractivity contribution is 5.78. The Morgan fingerprint density at radius 3 is 2.87 bits per heavy atom. The summed E-state index contributed by atoms with van der Waals surface area (Å²) < 4.78 is 0. The van der Waals surface area contributed by atoms with Gasteiger partial charge in [-0.3, -0.25) is 4.79 Å². The van der Waals surface area contributed by atoms with Crippen molar-refractivity contribution >= 4 is 5.91 Å². The number of carbonyl (C=O) groups excluding carboxylic acids is 1. The molecule has 15 heavy (non-hydrogen) atoms. The molecular formula is C12H20N2O. The van der Waals surface area contributed by atoms with Crippen molar-refractivity contribution in [3.05, 3.63) is 11.6 Å². The molecule has 0 aliphatic heterocycles. The van der Waals surface area contributed by atoms with Crippen molar-refractivity contribution in [3.63, 3.8) is 0 Å². The van der Waals surface area contributed by atoms with E-state index >= 15 is 0 Å². The Morgan fingerprint density at radius 2 is 2.27 bits per heavy atom. The molecule has 0 heterocycles. The van der Waals surface area contributed by atoms with Gasteiger partial charge in [0, 0.05) is 18.5 Å². The van der Waals surface area contributed by atoms with Crippen molar-refractivity contribution in [2.24, 2.45) is 5.73 Å². The highest BCUT2D eigenvalue weighted by atomic mass is 16.1. The predicted molar refractivity (Wildman–Crippen MR) is 60.3 cm³/mol. The van der Waals surface area contributed by atoms with Gasteiger partial charge in [0.1, 0.15) is 0 Å². The zero-order valence-electron chi connectivity index (χ0n) is 9.17. The summed E-state index contributed by atoms with van der Waals surface area (Å²) >= 11 is 0. The number of nitrogens with one attached hydrogen (secondary N) is 1. The van der Waals surface area contributed by atoms with Crippen LogP contribution in [-0.4, -0.2) is 18.0 Å². The SMILES string of the molecule is NC1CC(NC(=O)CC2=CCCCC2)C1. The van der Waals surface area contributed by atoms with E-state index in [1.807, 2.05) is 0 Å². The fourth-order valence-electron chi connectivity index (χ4n) is 2.33. The van der Waals surface area contributed by atoms with Gasteiger partial charge in [0.15, 0.2) is 0 Å². The van der Waals surface area contributed by atoms with Crippen molar-refractivity contribution in [2.75, 3.05) is 0 Å². The maximum atomic E-state index is 11.6. The van der Waals surface area contributed by atoms with E-state index < -0.39 is 0 Å². The lowest BCUT2D eigenvalue weighted by molar-refractivity contribution is -0.121. The van der Waals surface area contributed by atoms with E-state index in [0.717, 1.165) is 25.7 Å². The Hall–Kier alpha value is -0.830. The first-order chi connectivity index (χ1) is 7.24. The lowest BCUT2D eigenvalue weighted by Crippen LogP contribution is -2.50. The first kappa shape index (κ1) is 10.7. The first-order valence-electron chi connectivity index (χ1n) is 5.97. The van der Waals surface area contributed by atoms with Crippen LogP contribution in [-0.2, 0) is 4.79 Å². The normalized spacial score (nSPS) is 30.3. The monoisotopic (exact) mass is 208 g/mol. The van der Waals surface area contributed by atoms with Gasteiger partial charge in [0.2, 0.25) is 5.91 Å². The van der Waals surface area contributed by atoms with Gasteiger partial charge in [0.25, 0.3) is 0 Å². The molecule has 0 aromatic rings. The average Bonchev–Trinajstić information content (AvgIpc) is 2.17. The minimum atomic E-state index is 0.181. The molecule has 0 unspecified atom stereocenters. The second-order valence-corrected chi connectivity index (χ2v) is 4.78. The van der Waals surface area contributed by atoms with Crippen molar-refractivity contribution in [1.82, 2.24) is 5.32 Å². The molecule has 2 aliphatic carbocycles. The molecule has 0 saturated heterocycles. The minimum Gasteiger partial charge on any atom is -0.353 e. The zero-order chi connectivity index (χ0) is 10.7. The van der Waals surface area contributed by atoms with E-state index in [-0.39, 0.29) is 5.91 Å². The van der Waals surface area contributed by atoms with Crippen LogP contribution in [0.4, 0.5) is 0 Å². The van der Waals surface area contributed by atoms with Gasteiger partial charge in [-0.05, 0) is 38.5 Å². The summed E-state index contributed by atoms with van der Waals surface area (Å²) in [4.78, 5) is 11.6. The fourth-order valence-corrected chi connectivity index (χ4v) is 2.33. The molecule has 2 rings (SSSR count). The summed E-state index contributed by atoms with van der Waals surface area (Å²) in [5, 5.41) is 3.03. The van der Waals surface area contributed by atoms with Gasteiger partial charge < -0.3 is 11.1 Å². The number of amides is 1. The van der Waals surface area contributed by atoms with Gasteiger partial charge in [0.05, 0.1) is 0 Å². The fraction of sp³-hybridized carbons (Fsp3) is 0.750. The van der Waals surface area contributed by atoms with Crippen molar-refractivity contribution < 1.29 is 4.79 Å². The third-order valence-electron chi connectivity index (χ3n) is 3.31. The number of allylic oxidation sites excluding steroid dienone is 1. The standard InChI is InChI=1S/C12H20N2O/c13-10-7-11(8-10)14-12(15)6-9-4-2-1-3-5-9/h4,10-11H,1-3,5-8,13H2,(H,14,15). The van der Waals surface area contributed by atoms with Crippen molar-refractivity contribution in [3.8, 4) is 0 Å². The predicted octanol–water partition coefficient (Wildman–Crippen LogP) is 1.48. The van der Waals surface area contributed by atoms with Crippen LogP contribution >= 0.6 is 0 Å². The molecule has 3 nitrogen and oxygen atoms in total. The average molecular weight is 208 g/mol. The Labute approximate surface area is 91.1 Å². The van der Waals surface area contributed by atoms with E-state index in [1.54, 1.807) is 0 Å². The number of carbonyl (C=O) groups is 1. The van der Waals surface area contributed by atoms with E-state index in [9.17, 15) is 4.79 Å². The summed E-state index contributed by atoms with van der Waals surface area (Å²) in [6, 6.07) is 0.654. The minimum absolute atomic E-state index is 0.181. The molecule has 1 saturated carbocycles. The van der Waals surface area contributed by atoms with Gasteiger partial charge in [-0.15, -0.1) is 0 Å². The van der Waals surface area contributed by atoms with Crippen LogP contribution in [0.1, 0.15) is 44.9 Å². The van der Waals surface area contributed by atoms with Gasteiger partial charge in [-0.25, -0.2) is 0 Å². The number of rotatable bonds is 3. The number of hydrogen-bond donors (Lipinski definition) is 2. The molecule has 0 aromatic carbocycles. The Morgan fingerprint density at radius 1 is 1.47 bits per heavy atom. The van der Waals surface area contributed by atoms with Crippen molar-refractivity contribution in [1.29, 1.82) is 0 Å². The summed E-state index contributed by atoms with van der Waals surface area (Å²) in [7, 11) is 0. The lowest BCUT2D eigenvalue weighted by atomic mass is 9.87. The van der Waals surface area contributed by atoms with Gasteiger partial charge >= 0.3 is 0 Å². The van der Waals surface area contributed by atoms with Crippen LogP contribution in [0.25, 0.3) is 0 Å². The molecule has 2 aliphatic rings. The summed E-state index contributed by atoms with van der Waals surface area (Å²) in [6.45, 7) is 0.